The van der Waals surface area contributed by atoms with E-state index in [4.69, 9.17) is 4.74 Å². The van der Waals surface area contributed by atoms with Gasteiger partial charge in [0, 0.05) is 10.9 Å². The zero-order valence-electron chi connectivity index (χ0n) is 16.5. The molecule has 0 spiro atoms. The van der Waals surface area contributed by atoms with Crippen molar-refractivity contribution in [2.45, 2.75) is 52.0 Å². The molecule has 0 radical (unpaired) electrons. The average Bonchev–Trinajstić information content (AvgIpc) is 3.28. The van der Waals surface area contributed by atoms with Crippen molar-refractivity contribution in [3.8, 4) is 0 Å². The number of esters is 1. The van der Waals surface area contributed by atoms with Gasteiger partial charge in [0.25, 0.3) is 0 Å². The van der Waals surface area contributed by atoms with Crippen LogP contribution in [0.25, 0.3) is 0 Å². The molecule has 1 fully saturated rings. The second kappa shape index (κ2) is 8.92. The Bertz CT molecular complexity index is 847. The van der Waals surface area contributed by atoms with Crippen LogP contribution in [-0.2, 0) is 32.2 Å². The van der Waals surface area contributed by atoms with E-state index in [1.54, 1.807) is 6.92 Å². The van der Waals surface area contributed by atoms with Crippen LogP contribution < -0.4 is 5.32 Å². The number of thiophene rings is 1. The molecule has 1 aliphatic heterocycles. The number of aryl methyl sites for hydroxylation is 1. The minimum absolute atomic E-state index is 0.113. The van der Waals surface area contributed by atoms with E-state index in [-0.39, 0.29) is 42.6 Å². The Kier molecular flexibility index (Phi) is 6.77. The molecule has 1 aromatic heterocycles. The highest BCUT2D eigenvalue weighted by Gasteiger charge is 2.33. The van der Waals surface area contributed by atoms with Gasteiger partial charge in [0.05, 0.1) is 30.2 Å². The largest absolute Gasteiger partial charge is 0.462 e. The van der Waals surface area contributed by atoms with Crippen LogP contribution in [0.4, 0.5) is 5.00 Å². The molecule has 28 heavy (non-hydrogen) atoms. The molecule has 156 valence electrons. The van der Waals surface area contributed by atoms with E-state index in [0.717, 1.165) is 36.1 Å². The van der Waals surface area contributed by atoms with Gasteiger partial charge in [-0.25, -0.2) is 13.2 Å². The Balaban J connectivity index is 1.72. The number of nitrogens with zero attached hydrogens (tertiary/aromatic N) is 1. The van der Waals surface area contributed by atoms with Gasteiger partial charge >= 0.3 is 5.97 Å². The van der Waals surface area contributed by atoms with Crippen LogP contribution in [0.1, 0.15) is 53.9 Å². The number of amides is 1. The lowest BCUT2D eigenvalue weighted by Crippen LogP contribution is -2.42. The molecule has 9 heteroatoms. The maximum Gasteiger partial charge on any atom is 0.341 e. The first-order valence-corrected chi connectivity index (χ1v) is 12.5. The summed E-state index contributed by atoms with van der Waals surface area (Å²) in [5, 5.41) is 3.46. The summed E-state index contributed by atoms with van der Waals surface area (Å²) in [6.07, 6.45) is 4.17. The van der Waals surface area contributed by atoms with Crippen molar-refractivity contribution >= 4 is 38.1 Å². The van der Waals surface area contributed by atoms with Crippen LogP contribution in [-0.4, -0.2) is 62.4 Å². The quantitative estimate of drug-likeness (QED) is 0.639. The van der Waals surface area contributed by atoms with Gasteiger partial charge in [0.15, 0.2) is 9.84 Å². The summed E-state index contributed by atoms with van der Waals surface area (Å²) in [6, 6.07) is -0.117. The van der Waals surface area contributed by atoms with E-state index in [0.29, 0.717) is 23.5 Å². The minimum atomic E-state index is -3.01. The highest BCUT2D eigenvalue weighted by Crippen LogP contribution is 2.39. The molecule has 3 rings (SSSR count). The van der Waals surface area contributed by atoms with Crippen LogP contribution >= 0.6 is 11.3 Å². The summed E-state index contributed by atoms with van der Waals surface area (Å²) in [4.78, 5) is 28.3. The fourth-order valence-electron chi connectivity index (χ4n) is 4.00. The molecular formula is C19H28N2O5S2. The molecule has 1 saturated heterocycles. The van der Waals surface area contributed by atoms with Crippen molar-refractivity contribution in [3.63, 3.8) is 0 Å². The SMILES string of the molecule is CCCN(CC(=O)Nc1sc2c(c1C(=O)OCC)CCC2)C1CCS(=O)(=O)C1. The normalized spacial score (nSPS) is 20.3. The summed E-state index contributed by atoms with van der Waals surface area (Å²) in [5.41, 5.74) is 1.50. The van der Waals surface area contributed by atoms with Gasteiger partial charge in [0.1, 0.15) is 5.00 Å². The van der Waals surface area contributed by atoms with Gasteiger partial charge < -0.3 is 10.1 Å². The molecule has 1 unspecified atom stereocenters. The van der Waals surface area contributed by atoms with Crippen LogP contribution in [0.2, 0.25) is 0 Å². The zero-order chi connectivity index (χ0) is 20.3. The highest BCUT2D eigenvalue weighted by atomic mass is 32.2. The van der Waals surface area contributed by atoms with E-state index in [9.17, 15) is 18.0 Å². The van der Waals surface area contributed by atoms with Crippen molar-refractivity contribution in [2.75, 3.05) is 36.5 Å². The number of hydrogen-bond acceptors (Lipinski definition) is 7. The molecular weight excluding hydrogens is 400 g/mol. The van der Waals surface area contributed by atoms with Gasteiger partial charge in [-0.3, -0.25) is 9.69 Å². The molecule has 7 nitrogen and oxygen atoms in total. The average molecular weight is 429 g/mol. The van der Waals surface area contributed by atoms with Gasteiger partial charge in [-0.15, -0.1) is 11.3 Å². The summed E-state index contributed by atoms with van der Waals surface area (Å²) >= 11 is 1.46. The first kappa shape index (κ1) is 21.3. The number of rotatable bonds is 8. The van der Waals surface area contributed by atoms with Crippen LogP contribution in [0.15, 0.2) is 0 Å². The fourth-order valence-corrected chi connectivity index (χ4v) is 7.06. The number of carbonyl (C=O) groups is 2. The molecule has 1 atom stereocenters. The third kappa shape index (κ3) is 4.75. The molecule has 0 saturated carbocycles. The highest BCUT2D eigenvalue weighted by molar-refractivity contribution is 7.91. The third-order valence-electron chi connectivity index (χ3n) is 5.24. The number of fused-ring (bicyclic) bond motifs is 1. The molecule has 2 aliphatic rings. The Labute approximate surface area is 170 Å². The van der Waals surface area contributed by atoms with Crippen molar-refractivity contribution < 1.29 is 22.7 Å². The monoisotopic (exact) mass is 428 g/mol. The molecule has 0 bridgehead atoms. The van der Waals surface area contributed by atoms with Crippen molar-refractivity contribution in [3.05, 3.63) is 16.0 Å². The Morgan fingerprint density at radius 3 is 2.71 bits per heavy atom. The number of sulfone groups is 1. The number of carbonyl (C=O) groups excluding carboxylic acids is 2. The smallest absolute Gasteiger partial charge is 0.341 e. The number of anilines is 1. The molecule has 1 aliphatic carbocycles. The second-order valence-corrected chi connectivity index (χ2v) is 10.7. The molecule has 1 amide bonds. The lowest BCUT2D eigenvalue weighted by atomic mass is 10.1. The second-order valence-electron chi connectivity index (χ2n) is 7.36. The third-order valence-corrected chi connectivity index (χ3v) is 8.19. The summed E-state index contributed by atoms with van der Waals surface area (Å²) in [6.45, 7) is 4.85. The predicted octanol–water partition coefficient (Wildman–Crippen LogP) is 2.25. The van der Waals surface area contributed by atoms with Gasteiger partial charge in [-0.1, -0.05) is 6.92 Å². The van der Waals surface area contributed by atoms with E-state index in [2.05, 4.69) is 5.32 Å². The van der Waals surface area contributed by atoms with Gasteiger partial charge in [0.2, 0.25) is 5.91 Å². The Hall–Kier alpha value is -1.45. The molecule has 0 aromatic carbocycles. The predicted molar refractivity (Wildman–Crippen MR) is 110 cm³/mol. The fraction of sp³-hybridized carbons (Fsp3) is 0.684. The summed E-state index contributed by atoms with van der Waals surface area (Å²) in [7, 11) is -3.01. The topological polar surface area (TPSA) is 92.8 Å². The van der Waals surface area contributed by atoms with Crippen molar-refractivity contribution in [1.29, 1.82) is 0 Å². The van der Waals surface area contributed by atoms with Crippen LogP contribution in [0.3, 0.4) is 0 Å². The Morgan fingerprint density at radius 1 is 1.29 bits per heavy atom. The maximum atomic E-state index is 12.7. The first-order valence-electron chi connectivity index (χ1n) is 9.90. The lowest BCUT2D eigenvalue weighted by molar-refractivity contribution is -0.117. The van der Waals surface area contributed by atoms with E-state index in [1.165, 1.54) is 11.3 Å². The Morgan fingerprint density at radius 2 is 2.07 bits per heavy atom. The summed E-state index contributed by atoms with van der Waals surface area (Å²) in [5.74, 6) is -0.307. The van der Waals surface area contributed by atoms with Crippen LogP contribution in [0.5, 0.6) is 0 Å². The van der Waals surface area contributed by atoms with Crippen molar-refractivity contribution in [2.24, 2.45) is 0 Å². The lowest BCUT2D eigenvalue weighted by Gasteiger charge is -2.26. The van der Waals surface area contributed by atoms with Crippen LogP contribution in [0, 0.1) is 0 Å². The first-order chi connectivity index (χ1) is 13.3. The molecule has 1 aromatic rings. The maximum absolute atomic E-state index is 12.7. The van der Waals surface area contributed by atoms with E-state index >= 15 is 0 Å². The minimum Gasteiger partial charge on any atom is -0.462 e. The standard InChI is InChI=1S/C19H28N2O5S2/c1-3-9-21(13-8-10-28(24,25)12-13)11-16(22)20-18-17(19(23)26-4-2)14-6-5-7-15(14)27-18/h13H,3-12H2,1-2H3,(H,20,22). The van der Waals surface area contributed by atoms with E-state index in [1.807, 2.05) is 11.8 Å². The molecule has 2 heterocycles. The number of hydrogen-bond donors (Lipinski definition) is 1. The van der Waals surface area contributed by atoms with Gasteiger partial charge in [-0.05, 0) is 51.1 Å². The zero-order valence-corrected chi connectivity index (χ0v) is 18.1. The molecule has 1 N–H and O–H groups in total. The summed E-state index contributed by atoms with van der Waals surface area (Å²) < 4.78 is 28.8. The number of ether oxygens (including phenoxy) is 1. The number of nitrogens with one attached hydrogen (secondary N) is 1. The van der Waals surface area contributed by atoms with Gasteiger partial charge in [-0.2, -0.15) is 0 Å². The van der Waals surface area contributed by atoms with Crippen molar-refractivity contribution in [1.82, 2.24) is 4.90 Å². The van der Waals surface area contributed by atoms with E-state index < -0.39 is 9.84 Å².